The standard InChI is InChI=1S/C18H23NO6/c1-17(2,3)25-16(23)19-10-12-9-11(5-6-13(12)24-4)14(20)18(7-8-18)15(21)22/h5-6,9H,7-8,10H2,1-4H3,(H,19,23)(H,21,22). The van der Waals surface area contributed by atoms with Gasteiger partial charge in [-0.05, 0) is 51.8 Å². The van der Waals surface area contributed by atoms with Crippen molar-refractivity contribution in [3.05, 3.63) is 29.3 Å². The number of amides is 1. The van der Waals surface area contributed by atoms with Gasteiger partial charge in [0.15, 0.2) is 5.78 Å². The zero-order valence-corrected chi connectivity index (χ0v) is 14.8. The number of Topliss-reactive ketones (excluding diaryl/α,β-unsaturated/α-hetero) is 1. The van der Waals surface area contributed by atoms with Gasteiger partial charge in [-0.25, -0.2) is 4.79 Å². The third kappa shape index (κ3) is 4.29. The van der Waals surface area contributed by atoms with E-state index in [9.17, 15) is 19.5 Å². The molecule has 7 heteroatoms. The molecule has 25 heavy (non-hydrogen) atoms. The molecule has 1 amide bonds. The number of benzene rings is 1. The van der Waals surface area contributed by atoms with Crippen molar-refractivity contribution in [2.24, 2.45) is 5.41 Å². The number of nitrogens with one attached hydrogen (secondary N) is 1. The number of carboxylic acid groups (broad SMARTS) is 1. The van der Waals surface area contributed by atoms with Crippen molar-refractivity contribution in [3.8, 4) is 5.75 Å². The topological polar surface area (TPSA) is 102 Å². The number of carboxylic acids is 1. The minimum absolute atomic E-state index is 0.0965. The Morgan fingerprint density at radius 3 is 2.36 bits per heavy atom. The van der Waals surface area contributed by atoms with E-state index >= 15 is 0 Å². The number of methoxy groups -OCH3 is 1. The highest BCUT2D eigenvalue weighted by Gasteiger charge is 2.56. The van der Waals surface area contributed by atoms with Crippen LogP contribution in [0, 0.1) is 5.41 Å². The highest BCUT2D eigenvalue weighted by Crippen LogP contribution is 2.48. The molecule has 1 aliphatic carbocycles. The van der Waals surface area contributed by atoms with Crippen LogP contribution in [0.3, 0.4) is 0 Å². The first kappa shape index (κ1) is 18.8. The largest absolute Gasteiger partial charge is 0.496 e. The van der Waals surface area contributed by atoms with Gasteiger partial charge < -0.3 is 19.9 Å². The molecule has 7 nitrogen and oxygen atoms in total. The summed E-state index contributed by atoms with van der Waals surface area (Å²) in [5, 5.41) is 11.9. The van der Waals surface area contributed by atoms with Gasteiger partial charge >= 0.3 is 12.1 Å². The summed E-state index contributed by atoms with van der Waals surface area (Å²) in [6.45, 7) is 5.37. The molecule has 136 valence electrons. The average Bonchev–Trinajstić information content (AvgIpc) is 3.32. The van der Waals surface area contributed by atoms with Gasteiger partial charge in [0.25, 0.3) is 0 Å². The first-order chi connectivity index (χ1) is 11.6. The molecule has 0 radical (unpaired) electrons. The van der Waals surface area contributed by atoms with Gasteiger partial charge in [0.2, 0.25) is 0 Å². The Balaban J connectivity index is 2.16. The highest BCUT2D eigenvalue weighted by molar-refractivity contribution is 6.14. The predicted octanol–water partition coefficient (Wildman–Crippen LogP) is 2.77. The number of aliphatic carboxylic acids is 1. The van der Waals surface area contributed by atoms with Crippen LogP contribution in [0.2, 0.25) is 0 Å². The third-order valence-corrected chi connectivity index (χ3v) is 3.96. The van der Waals surface area contributed by atoms with Crippen LogP contribution in [-0.4, -0.2) is 35.7 Å². The van der Waals surface area contributed by atoms with Crippen LogP contribution < -0.4 is 10.1 Å². The Morgan fingerprint density at radius 1 is 1.24 bits per heavy atom. The van der Waals surface area contributed by atoms with Crippen molar-refractivity contribution >= 4 is 17.8 Å². The summed E-state index contributed by atoms with van der Waals surface area (Å²) in [5.41, 5.74) is -1.06. The normalized spacial score (nSPS) is 15.2. The lowest BCUT2D eigenvalue weighted by Gasteiger charge is -2.20. The molecule has 1 saturated carbocycles. The molecule has 0 aromatic heterocycles. The zero-order valence-electron chi connectivity index (χ0n) is 14.8. The third-order valence-electron chi connectivity index (χ3n) is 3.96. The molecule has 0 spiro atoms. The minimum Gasteiger partial charge on any atom is -0.496 e. The molecule has 0 bridgehead atoms. The van der Waals surface area contributed by atoms with Crippen molar-refractivity contribution in [3.63, 3.8) is 0 Å². The summed E-state index contributed by atoms with van der Waals surface area (Å²) in [5.74, 6) is -1.02. The Kier molecular flexibility index (Phi) is 5.06. The number of carbonyl (C=O) groups is 3. The van der Waals surface area contributed by atoms with Gasteiger partial charge in [-0.2, -0.15) is 0 Å². The Morgan fingerprint density at radius 2 is 1.88 bits per heavy atom. The van der Waals surface area contributed by atoms with Crippen LogP contribution in [0.25, 0.3) is 0 Å². The van der Waals surface area contributed by atoms with Crippen LogP contribution in [0.5, 0.6) is 5.75 Å². The van der Waals surface area contributed by atoms with E-state index in [1.807, 2.05) is 0 Å². The molecule has 2 rings (SSSR count). The summed E-state index contributed by atoms with van der Waals surface area (Å²) in [6, 6.07) is 4.69. The van der Waals surface area contributed by atoms with E-state index in [0.29, 0.717) is 29.7 Å². The zero-order chi connectivity index (χ0) is 18.8. The smallest absolute Gasteiger partial charge is 0.407 e. The van der Waals surface area contributed by atoms with E-state index in [1.54, 1.807) is 39.0 Å². The number of carbonyl (C=O) groups excluding carboxylic acids is 2. The van der Waals surface area contributed by atoms with E-state index in [-0.39, 0.29) is 6.54 Å². The average molecular weight is 349 g/mol. The fourth-order valence-corrected chi connectivity index (χ4v) is 2.48. The van der Waals surface area contributed by atoms with E-state index in [1.165, 1.54) is 7.11 Å². The Hall–Kier alpha value is -2.57. The van der Waals surface area contributed by atoms with Crippen LogP contribution in [0.15, 0.2) is 18.2 Å². The number of ketones is 1. The molecule has 0 saturated heterocycles. The summed E-state index contributed by atoms with van der Waals surface area (Å²) in [6.07, 6.45) is 0.104. The van der Waals surface area contributed by atoms with Gasteiger partial charge in [0.05, 0.1) is 7.11 Å². The summed E-state index contributed by atoms with van der Waals surface area (Å²) in [4.78, 5) is 35.6. The monoisotopic (exact) mass is 349 g/mol. The minimum atomic E-state index is -1.30. The van der Waals surface area contributed by atoms with E-state index < -0.39 is 28.9 Å². The maximum absolute atomic E-state index is 12.5. The molecular weight excluding hydrogens is 326 g/mol. The van der Waals surface area contributed by atoms with Gasteiger partial charge in [0, 0.05) is 17.7 Å². The molecule has 0 aliphatic heterocycles. The number of hydrogen-bond donors (Lipinski definition) is 2. The number of ether oxygens (including phenoxy) is 2. The second-order valence-corrected chi connectivity index (χ2v) is 7.10. The molecule has 1 fully saturated rings. The van der Waals surface area contributed by atoms with E-state index in [4.69, 9.17) is 9.47 Å². The Labute approximate surface area is 146 Å². The summed E-state index contributed by atoms with van der Waals surface area (Å²) in [7, 11) is 1.48. The maximum Gasteiger partial charge on any atom is 0.407 e. The molecule has 2 N–H and O–H groups in total. The molecule has 0 unspecified atom stereocenters. The summed E-state index contributed by atoms with van der Waals surface area (Å²) >= 11 is 0. The second kappa shape index (κ2) is 6.74. The first-order valence-corrected chi connectivity index (χ1v) is 8.01. The van der Waals surface area contributed by atoms with Gasteiger partial charge in [-0.3, -0.25) is 9.59 Å². The lowest BCUT2D eigenvalue weighted by molar-refractivity contribution is -0.141. The molecule has 1 aromatic rings. The Bertz CT molecular complexity index is 700. The fourth-order valence-electron chi connectivity index (χ4n) is 2.48. The lowest BCUT2D eigenvalue weighted by atomic mass is 9.93. The van der Waals surface area contributed by atoms with Crippen LogP contribution in [0.4, 0.5) is 4.79 Å². The van der Waals surface area contributed by atoms with Gasteiger partial charge in [-0.1, -0.05) is 0 Å². The highest BCUT2D eigenvalue weighted by atomic mass is 16.6. The second-order valence-electron chi connectivity index (χ2n) is 7.10. The SMILES string of the molecule is COc1ccc(C(=O)C2(C(=O)O)CC2)cc1CNC(=O)OC(C)(C)C. The van der Waals surface area contributed by atoms with E-state index in [2.05, 4.69) is 5.32 Å². The van der Waals surface area contributed by atoms with Gasteiger partial charge in [-0.15, -0.1) is 0 Å². The quantitative estimate of drug-likeness (QED) is 0.605. The van der Waals surface area contributed by atoms with Gasteiger partial charge in [0.1, 0.15) is 16.8 Å². The molecule has 1 aliphatic rings. The van der Waals surface area contributed by atoms with Crippen LogP contribution in [-0.2, 0) is 16.1 Å². The van der Waals surface area contributed by atoms with Crippen molar-refractivity contribution < 1.29 is 29.0 Å². The first-order valence-electron chi connectivity index (χ1n) is 8.01. The number of rotatable bonds is 6. The van der Waals surface area contributed by atoms with Crippen molar-refractivity contribution in [2.45, 2.75) is 45.8 Å². The predicted molar refractivity (Wildman–Crippen MR) is 89.7 cm³/mol. The fraction of sp³-hybridized carbons (Fsp3) is 0.500. The lowest BCUT2D eigenvalue weighted by Crippen LogP contribution is -2.32. The molecular formula is C18H23NO6. The molecule has 1 aromatic carbocycles. The van der Waals surface area contributed by atoms with Crippen LogP contribution >= 0.6 is 0 Å². The van der Waals surface area contributed by atoms with Crippen molar-refractivity contribution in [2.75, 3.05) is 7.11 Å². The van der Waals surface area contributed by atoms with Crippen molar-refractivity contribution in [1.82, 2.24) is 5.32 Å². The summed E-state index contributed by atoms with van der Waals surface area (Å²) < 4.78 is 10.4. The maximum atomic E-state index is 12.5. The number of alkyl carbamates (subject to hydrolysis) is 1. The van der Waals surface area contributed by atoms with Crippen molar-refractivity contribution in [1.29, 1.82) is 0 Å². The van der Waals surface area contributed by atoms with Crippen LogP contribution in [0.1, 0.15) is 49.5 Å². The number of hydrogen-bond acceptors (Lipinski definition) is 5. The van der Waals surface area contributed by atoms with E-state index in [0.717, 1.165) is 0 Å². The molecule has 0 atom stereocenters. The molecule has 0 heterocycles.